The third kappa shape index (κ3) is 2.03. The summed E-state index contributed by atoms with van der Waals surface area (Å²) >= 11 is 0. The first-order chi connectivity index (χ1) is 3.80. The molecule has 0 aliphatic rings. The fourth-order valence-electron chi connectivity index (χ4n) is 0.520. The first-order valence-electron chi connectivity index (χ1n) is 2.55. The smallest absolute Gasteiger partial charge is 0.0516 e. The third-order valence-corrected chi connectivity index (χ3v) is 1.01. The van der Waals surface area contributed by atoms with Crippen LogP contribution in [0.2, 0.25) is 0 Å². The van der Waals surface area contributed by atoms with Gasteiger partial charge in [-0.1, -0.05) is 0 Å². The number of hydrogen-bond donors (Lipinski definition) is 2. The van der Waals surface area contributed by atoms with Crippen LogP contribution in [0.1, 0.15) is 18.7 Å². The van der Waals surface area contributed by atoms with Crippen LogP contribution in [0.25, 0.3) is 0 Å². The minimum Gasteiger partial charge on any atom is -0.323 e. The van der Waals surface area contributed by atoms with E-state index in [-0.39, 0.29) is 18.4 Å². The van der Waals surface area contributed by atoms with Gasteiger partial charge in [0.1, 0.15) is 0 Å². The van der Waals surface area contributed by atoms with Crippen LogP contribution in [-0.2, 0) is 0 Å². The normalized spacial score (nSPS) is 12.2. The lowest BCUT2D eigenvalue weighted by Gasteiger charge is -1.96. The highest BCUT2D eigenvalue weighted by molar-refractivity contribution is 5.85. The zero-order valence-corrected chi connectivity index (χ0v) is 5.98. The summed E-state index contributed by atoms with van der Waals surface area (Å²) in [4.78, 5) is 0. The highest BCUT2D eigenvalue weighted by Gasteiger charge is 1.96. The molecule has 1 aromatic rings. The van der Waals surface area contributed by atoms with Crippen molar-refractivity contribution in [2.45, 2.75) is 13.0 Å². The molecule has 3 N–H and O–H groups in total. The molecule has 1 heterocycles. The van der Waals surface area contributed by atoms with Crippen LogP contribution in [0.15, 0.2) is 12.3 Å². The molecule has 0 spiro atoms. The van der Waals surface area contributed by atoms with Crippen molar-refractivity contribution in [1.29, 1.82) is 0 Å². The van der Waals surface area contributed by atoms with Gasteiger partial charge in [0.15, 0.2) is 0 Å². The van der Waals surface area contributed by atoms with Crippen molar-refractivity contribution >= 4 is 12.4 Å². The molecular formula is C5H10ClN3. The Labute approximate surface area is 60.1 Å². The van der Waals surface area contributed by atoms with Crippen LogP contribution < -0.4 is 5.73 Å². The second kappa shape index (κ2) is 3.48. The Balaban J connectivity index is 0.000000640. The molecule has 1 aromatic heterocycles. The molecule has 0 saturated heterocycles. The van der Waals surface area contributed by atoms with Gasteiger partial charge in [0.05, 0.1) is 5.69 Å². The molecule has 3 nitrogen and oxygen atoms in total. The van der Waals surface area contributed by atoms with Crippen molar-refractivity contribution in [3.05, 3.63) is 18.0 Å². The maximum atomic E-state index is 5.49. The number of H-pyrrole nitrogens is 1. The van der Waals surface area contributed by atoms with E-state index in [0.717, 1.165) is 5.69 Å². The van der Waals surface area contributed by atoms with Gasteiger partial charge in [0.2, 0.25) is 0 Å². The predicted molar refractivity (Wildman–Crippen MR) is 38.4 cm³/mol. The van der Waals surface area contributed by atoms with Gasteiger partial charge >= 0.3 is 0 Å². The zero-order chi connectivity index (χ0) is 5.98. The van der Waals surface area contributed by atoms with Gasteiger partial charge in [-0.05, 0) is 13.0 Å². The Morgan fingerprint density at radius 2 is 2.44 bits per heavy atom. The number of aromatic nitrogens is 2. The Hall–Kier alpha value is -0.540. The Morgan fingerprint density at radius 3 is 2.67 bits per heavy atom. The summed E-state index contributed by atoms with van der Waals surface area (Å²) in [5.74, 6) is 0. The van der Waals surface area contributed by atoms with Crippen LogP contribution in [0.4, 0.5) is 0 Å². The molecule has 9 heavy (non-hydrogen) atoms. The molecule has 4 heteroatoms. The molecule has 0 aromatic carbocycles. The molecule has 0 fully saturated rings. The van der Waals surface area contributed by atoms with Crippen molar-refractivity contribution in [2.75, 3.05) is 0 Å². The molecule has 0 saturated carbocycles. The molecule has 0 aliphatic carbocycles. The third-order valence-electron chi connectivity index (χ3n) is 1.01. The molecule has 0 bridgehead atoms. The summed E-state index contributed by atoms with van der Waals surface area (Å²) in [6.45, 7) is 1.91. The second-order valence-corrected chi connectivity index (χ2v) is 1.80. The van der Waals surface area contributed by atoms with Gasteiger partial charge in [-0.2, -0.15) is 5.10 Å². The molecular weight excluding hydrogens is 138 g/mol. The fourth-order valence-corrected chi connectivity index (χ4v) is 0.520. The Kier molecular flexibility index (Phi) is 3.27. The van der Waals surface area contributed by atoms with Crippen molar-refractivity contribution in [2.24, 2.45) is 5.73 Å². The minimum absolute atomic E-state index is 0. The van der Waals surface area contributed by atoms with Crippen LogP contribution in [0.3, 0.4) is 0 Å². The first kappa shape index (κ1) is 8.46. The van der Waals surface area contributed by atoms with E-state index in [9.17, 15) is 0 Å². The second-order valence-electron chi connectivity index (χ2n) is 1.80. The maximum absolute atomic E-state index is 5.49. The van der Waals surface area contributed by atoms with Gasteiger partial charge < -0.3 is 5.73 Å². The molecule has 1 atom stereocenters. The van der Waals surface area contributed by atoms with Crippen molar-refractivity contribution < 1.29 is 0 Å². The van der Waals surface area contributed by atoms with E-state index in [0.29, 0.717) is 0 Å². The van der Waals surface area contributed by atoms with Gasteiger partial charge in [0, 0.05) is 12.2 Å². The molecule has 0 aliphatic heterocycles. The average molecular weight is 148 g/mol. The van der Waals surface area contributed by atoms with E-state index >= 15 is 0 Å². The van der Waals surface area contributed by atoms with Crippen LogP contribution in [-0.4, -0.2) is 10.2 Å². The molecule has 52 valence electrons. The Bertz CT molecular complexity index is 147. The van der Waals surface area contributed by atoms with E-state index < -0.39 is 0 Å². The van der Waals surface area contributed by atoms with E-state index in [1.165, 1.54) is 0 Å². The van der Waals surface area contributed by atoms with E-state index in [1.54, 1.807) is 6.20 Å². The number of hydrogen-bond acceptors (Lipinski definition) is 2. The lowest BCUT2D eigenvalue weighted by Crippen LogP contribution is -2.04. The summed E-state index contributed by atoms with van der Waals surface area (Å²) < 4.78 is 0. The molecule has 1 rings (SSSR count). The quantitative estimate of drug-likeness (QED) is 0.619. The van der Waals surface area contributed by atoms with Crippen molar-refractivity contribution in [1.82, 2.24) is 10.2 Å². The summed E-state index contributed by atoms with van der Waals surface area (Å²) in [6, 6.07) is 1.93. The summed E-state index contributed by atoms with van der Waals surface area (Å²) in [6.07, 6.45) is 1.69. The lowest BCUT2D eigenvalue weighted by molar-refractivity contribution is 0.772. The number of nitrogens with zero attached hydrogens (tertiary/aromatic N) is 1. The van der Waals surface area contributed by atoms with Crippen LogP contribution in [0, 0.1) is 0 Å². The fraction of sp³-hybridized carbons (Fsp3) is 0.400. The monoisotopic (exact) mass is 147 g/mol. The SMILES string of the molecule is CC(N)c1ccn[nH]1.Cl. The summed E-state index contributed by atoms with van der Waals surface area (Å²) in [5, 5.41) is 6.50. The number of rotatable bonds is 1. The molecule has 0 radical (unpaired) electrons. The standard InChI is InChI=1S/C5H9N3.ClH/c1-4(6)5-2-3-7-8-5;/h2-4H,6H2,1H3,(H,7,8);1H. The van der Waals surface area contributed by atoms with E-state index in [1.807, 2.05) is 13.0 Å². The predicted octanol–water partition coefficient (Wildman–Crippen LogP) is 0.851. The average Bonchev–Trinajstić information content (AvgIpc) is 2.12. The summed E-state index contributed by atoms with van der Waals surface area (Å²) in [5.41, 5.74) is 6.46. The van der Waals surface area contributed by atoms with E-state index in [4.69, 9.17) is 5.73 Å². The highest BCUT2D eigenvalue weighted by Crippen LogP contribution is 2.01. The van der Waals surface area contributed by atoms with Crippen molar-refractivity contribution in [3.8, 4) is 0 Å². The highest BCUT2D eigenvalue weighted by atomic mass is 35.5. The zero-order valence-electron chi connectivity index (χ0n) is 5.16. The van der Waals surface area contributed by atoms with Gasteiger partial charge in [-0.25, -0.2) is 0 Å². The minimum atomic E-state index is 0. The van der Waals surface area contributed by atoms with Gasteiger partial charge in [0.25, 0.3) is 0 Å². The maximum Gasteiger partial charge on any atom is 0.0516 e. The van der Waals surface area contributed by atoms with Crippen molar-refractivity contribution in [3.63, 3.8) is 0 Å². The number of nitrogens with two attached hydrogens (primary N) is 1. The number of halogens is 1. The Morgan fingerprint density at radius 1 is 1.78 bits per heavy atom. The lowest BCUT2D eigenvalue weighted by atomic mass is 10.3. The molecule has 0 amide bonds. The van der Waals surface area contributed by atoms with Crippen LogP contribution in [0.5, 0.6) is 0 Å². The summed E-state index contributed by atoms with van der Waals surface area (Å²) in [7, 11) is 0. The number of nitrogens with one attached hydrogen (secondary N) is 1. The molecule has 1 unspecified atom stereocenters. The van der Waals surface area contributed by atoms with E-state index in [2.05, 4.69) is 10.2 Å². The largest absolute Gasteiger partial charge is 0.323 e. The first-order valence-corrected chi connectivity index (χ1v) is 2.55. The van der Waals surface area contributed by atoms with Crippen LogP contribution >= 0.6 is 12.4 Å². The number of aromatic amines is 1. The van der Waals surface area contributed by atoms with Gasteiger partial charge in [-0.15, -0.1) is 12.4 Å². The van der Waals surface area contributed by atoms with Gasteiger partial charge in [-0.3, -0.25) is 5.10 Å². The topological polar surface area (TPSA) is 54.7 Å².